The van der Waals surface area contributed by atoms with Gasteiger partial charge in [-0.3, -0.25) is 0 Å². The topological polar surface area (TPSA) is 46.8 Å². The van der Waals surface area contributed by atoms with E-state index in [0.717, 1.165) is 11.5 Å². The summed E-state index contributed by atoms with van der Waals surface area (Å²) in [7, 11) is 2.04. The largest absolute Gasteiger partial charge is 0.367 e. The predicted octanol–water partition coefficient (Wildman–Crippen LogP) is 2.06. The molecule has 1 aromatic heterocycles. The van der Waals surface area contributed by atoms with Crippen LogP contribution in [0, 0.1) is 0 Å². The van der Waals surface area contributed by atoms with E-state index >= 15 is 0 Å². The molecular formula is C13H19N5. The number of hydrogen-bond acceptors (Lipinski definition) is 4. The van der Waals surface area contributed by atoms with E-state index in [9.17, 15) is 0 Å². The fourth-order valence-corrected chi connectivity index (χ4v) is 1.81. The lowest BCUT2D eigenvalue weighted by atomic mass is 10.1. The van der Waals surface area contributed by atoms with Crippen molar-refractivity contribution < 1.29 is 0 Å². The number of hydrogen-bond donors (Lipinski definition) is 0. The smallest absolute Gasteiger partial charge is 0.171 e. The van der Waals surface area contributed by atoms with Crippen LogP contribution in [-0.4, -0.2) is 27.3 Å². The zero-order valence-corrected chi connectivity index (χ0v) is 11.3. The molecule has 0 saturated carbocycles. The normalized spacial score (nSPS) is 11.6. The Kier molecular flexibility index (Phi) is 3.32. The molecule has 1 heterocycles. The molecule has 0 N–H and O–H groups in total. The molecule has 0 radical (unpaired) electrons. The summed E-state index contributed by atoms with van der Waals surface area (Å²) < 4.78 is 1.87. The van der Waals surface area contributed by atoms with Gasteiger partial charge in [0.2, 0.25) is 0 Å². The monoisotopic (exact) mass is 245 g/mol. The fourth-order valence-electron chi connectivity index (χ4n) is 1.81. The molecule has 0 amide bonds. The Hall–Kier alpha value is -1.91. The molecule has 0 saturated heterocycles. The van der Waals surface area contributed by atoms with Gasteiger partial charge >= 0.3 is 0 Å². The van der Waals surface area contributed by atoms with Gasteiger partial charge in [0.05, 0.1) is 12.1 Å². The zero-order chi connectivity index (χ0) is 13.2. The minimum absolute atomic E-state index is 0.101. The van der Waals surface area contributed by atoms with Crippen molar-refractivity contribution >= 4 is 5.69 Å². The standard InChI is InChI=1S/C13H19N5/c1-13(2,3)18-12(14-15-16-18)10-17(4)11-8-6-5-7-9-11/h5-9H,10H2,1-4H3. The van der Waals surface area contributed by atoms with Crippen LogP contribution in [0.2, 0.25) is 0 Å². The average molecular weight is 245 g/mol. The molecule has 1 aromatic carbocycles. The van der Waals surface area contributed by atoms with Crippen molar-refractivity contribution in [2.45, 2.75) is 32.9 Å². The lowest BCUT2D eigenvalue weighted by Crippen LogP contribution is -2.28. The van der Waals surface area contributed by atoms with Gasteiger partial charge < -0.3 is 4.90 Å². The van der Waals surface area contributed by atoms with Crippen molar-refractivity contribution in [1.29, 1.82) is 0 Å². The molecule has 0 aliphatic heterocycles. The molecule has 0 fully saturated rings. The second-order valence-corrected chi connectivity index (χ2v) is 5.37. The highest BCUT2D eigenvalue weighted by molar-refractivity contribution is 5.44. The van der Waals surface area contributed by atoms with Crippen molar-refractivity contribution in [2.75, 3.05) is 11.9 Å². The molecule has 0 aliphatic carbocycles. The second-order valence-electron chi connectivity index (χ2n) is 5.37. The Morgan fingerprint density at radius 1 is 1.17 bits per heavy atom. The maximum absolute atomic E-state index is 4.11. The van der Waals surface area contributed by atoms with Crippen LogP contribution in [0.3, 0.4) is 0 Å². The van der Waals surface area contributed by atoms with Gasteiger partial charge in [0, 0.05) is 12.7 Å². The predicted molar refractivity (Wildman–Crippen MR) is 71.4 cm³/mol. The third-order valence-electron chi connectivity index (χ3n) is 2.75. The third kappa shape index (κ3) is 2.67. The SMILES string of the molecule is CN(Cc1nnnn1C(C)(C)C)c1ccccc1. The summed E-state index contributed by atoms with van der Waals surface area (Å²) in [6.07, 6.45) is 0. The average Bonchev–Trinajstić information content (AvgIpc) is 2.78. The van der Waals surface area contributed by atoms with E-state index in [-0.39, 0.29) is 5.54 Å². The Morgan fingerprint density at radius 3 is 2.44 bits per heavy atom. The number of tetrazole rings is 1. The summed E-state index contributed by atoms with van der Waals surface area (Å²) in [4.78, 5) is 2.13. The van der Waals surface area contributed by atoms with Crippen LogP contribution >= 0.6 is 0 Å². The first-order valence-electron chi connectivity index (χ1n) is 6.02. The van der Waals surface area contributed by atoms with E-state index < -0.39 is 0 Å². The van der Waals surface area contributed by atoms with E-state index in [4.69, 9.17) is 0 Å². The maximum atomic E-state index is 4.11. The quantitative estimate of drug-likeness (QED) is 0.830. The summed E-state index contributed by atoms with van der Waals surface area (Å²) in [6.45, 7) is 6.97. The molecule has 5 heteroatoms. The zero-order valence-electron chi connectivity index (χ0n) is 11.3. The number of para-hydroxylation sites is 1. The van der Waals surface area contributed by atoms with Crippen molar-refractivity contribution in [3.8, 4) is 0 Å². The third-order valence-corrected chi connectivity index (χ3v) is 2.75. The van der Waals surface area contributed by atoms with E-state index in [0.29, 0.717) is 6.54 Å². The van der Waals surface area contributed by atoms with Gasteiger partial charge in [-0.05, 0) is 43.3 Å². The van der Waals surface area contributed by atoms with Crippen LogP contribution in [0.25, 0.3) is 0 Å². The Balaban J connectivity index is 2.18. The van der Waals surface area contributed by atoms with E-state index in [2.05, 4.69) is 53.3 Å². The molecule has 0 atom stereocenters. The van der Waals surface area contributed by atoms with E-state index in [1.54, 1.807) is 0 Å². The van der Waals surface area contributed by atoms with Crippen LogP contribution in [0.15, 0.2) is 30.3 Å². The van der Waals surface area contributed by atoms with Gasteiger partial charge in [0.25, 0.3) is 0 Å². The van der Waals surface area contributed by atoms with Gasteiger partial charge in [0.1, 0.15) is 0 Å². The molecule has 96 valence electrons. The fraction of sp³-hybridized carbons (Fsp3) is 0.462. The minimum atomic E-state index is -0.101. The van der Waals surface area contributed by atoms with Gasteiger partial charge in [0.15, 0.2) is 5.82 Å². The Morgan fingerprint density at radius 2 is 1.83 bits per heavy atom. The Bertz CT molecular complexity index is 498. The highest BCUT2D eigenvalue weighted by Gasteiger charge is 2.20. The molecular weight excluding hydrogens is 226 g/mol. The molecule has 2 aromatic rings. The van der Waals surface area contributed by atoms with Gasteiger partial charge in [-0.15, -0.1) is 5.10 Å². The highest BCUT2D eigenvalue weighted by Crippen LogP contribution is 2.17. The molecule has 2 rings (SSSR count). The molecule has 0 aliphatic rings. The van der Waals surface area contributed by atoms with Crippen molar-refractivity contribution in [2.24, 2.45) is 0 Å². The number of anilines is 1. The molecule has 0 unspecified atom stereocenters. The first-order chi connectivity index (χ1) is 8.48. The first-order valence-corrected chi connectivity index (χ1v) is 6.02. The van der Waals surface area contributed by atoms with Crippen LogP contribution < -0.4 is 4.90 Å². The lowest BCUT2D eigenvalue weighted by molar-refractivity contribution is 0.335. The van der Waals surface area contributed by atoms with Crippen molar-refractivity contribution in [1.82, 2.24) is 20.2 Å². The number of rotatable bonds is 3. The van der Waals surface area contributed by atoms with Gasteiger partial charge in [-0.25, -0.2) is 4.68 Å². The van der Waals surface area contributed by atoms with Crippen molar-refractivity contribution in [3.05, 3.63) is 36.2 Å². The van der Waals surface area contributed by atoms with E-state index in [1.165, 1.54) is 0 Å². The maximum Gasteiger partial charge on any atom is 0.171 e. The summed E-state index contributed by atoms with van der Waals surface area (Å²) in [5.74, 6) is 0.869. The Labute approximate surface area is 107 Å². The molecule has 0 spiro atoms. The number of benzene rings is 1. The van der Waals surface area contributed by atoms with Gasteiger partial charge in [-0.2, -0.15) is 0 Å². The molecule has 5 nitrogen and oxygen atoms in total. The lowest BCUT2D eigenvalue weighted by Gasteiger charge is -2.23. The van der Waals surface area contributed by atoms with E-state index in [1.807, 2.05) is 29.9 Å². The highest BCUT2D eigenvalue weighted by atomic mass is 15.6. The summed E-state index contributed by atoms with van der Waals surface area (Å²) in [6, 6.07) is 10.2. The number of aromatic nitrogens is 4. The number of nitrogens with zero attached hydrogens (tertiary/aromatic N) is 5. The second kappa shape index (κ2) is 4.76. The minimum Gasteiger partial charge on any atom is -0.367 e. The summed E-state index contributed by atoms with van der Waals surface area (Å²) in [5, 5.41) is 11.9. The van der Waals surface area contributed by atoms with Crippen molar-refractivity contribution in [3.63, 3.8) is 0 Å². The molecule has 18 heavy (non-hydrogen) atoms. The summed E-state index contributed by atoms with van der Waals surface area (Å²) in [5.41, 5.74) is 1.05. The van der Waals surface area contributed by atoms with Crippen LogP contribution in [0.4, 0.5) is 5.69 Å². The van der Waals surface area contributed by atoms with Crippen LogP contribution in [0.1, 0.15) is 26.6 Å². The molecule has 0 bridgehead atoms. The first kappa shape index (κ1) is 12.5. The van der Waals surface area contributed by atoms with Crippen LogP contribution in [0.5, 0.6) is 0 Å². The summed E-state index contributed by atoms with van der Waals surface area (Å²) >= 11 is 0. The van der Waals surface area contributed by atoms with Gasteiger partial charge in [-0.1, -0.05) is 18.2 Å². The van der Waals surface area contributed by atoms with Crippen LogP contribution in [-0.2, 0) is 12.1 Å².